The molecule has 5 heteroatoms. The van der Waals surface area contributed by atoms with E-state index in [1.54, 1.807) is 0 Å². The fraction of sp³-hybridized carbons (Fsp3) is 0.944. The highest BCUT2D eigenvalue weighted by molar-refractivity contribution is 5.85. The van der Waals surface area contributed by atoms with Crippen molar-refractivity contribution in [2.24, 2.45) is 64.1 Å². The number of carbonyl (C=O) groups is 2. The smallest absolute Gasteiger partial charge is 0.226 e. The second-order valence-corrected chi connectivity index (χ2v) is 16.4. The first-order valence-electron chi connectivity index (χ1n) is 17.9. The Morgan fingerprint density at radius 2 is 1.49 bits per heavy atom. The van der Waals surface area contributed by atoms with Gasteiger partial charge < -0.3 is 15.0 Å². The molecule has 13 atom stereocenters. The van der Waals surface area contributed by atoms with Gasteiger partial charge in [-0.05, 0) is 143 Å². The first kappa shape index (κ1) is 28.7. The Morgan fingerprint density at radius 3 is 2.22 bits per heavy atom. The van der Waals surface area contributed by atoms with Crippen LogP contribution >= 0.6 is 0 Å². The van der Waals surface area contributed by atoms with E-state index in [9.17, 15) is 9.59 Å². The maximum absolute atomic E-state index is 14.2. The third-order valence-electron chi connectivity index (χ3n) is 15.2. The number of methoxy groups -OCH3 is 1. The summed E-state index contributed by atoms with van der Waals surface area (Å²) >= 11 is 0. The second-order valence-electron chi connectivity index (χ2n) is 16.4. The number of rotatable bonds is 4. The normalized spacial score (nSPS) is 50.9. The minimum Gasteiger partial charge on any atom is -0.381 e. The zero-order valence-corrected chi connectivity index (χ0v) is 26.5. The van der Waals surface area contributed by atoms with Gasteiger partial charge in [0.2, 0.25) is 11.8 Å². The summed E-state index contributed by atoms with van der Waals surface area (Å²) in [6, 6.07) is 0.185. The third kappa shape index (κ3) is 4.39. The van der Waals surface area contributed by atoms with E-state index in [1.165, 1.54) is 64.2 Å². The second kappa shape index (κ2) is 10.8. The van der Waals surface area contributed by atoms with Crippen LogP contribution in [0.15, 0.2) is 0 Å². The number of likely N-dealkylation sites (tertiary alicyclic amines) is 1. The lowest BCUT2D eigenvalue weighted by molar-refractivity contribution is -0.165. The van der Waals surface area contributed by atoms with Crippen molar-refractivity contribution in [1.29, 1.82) is 0 Å². The Hall–Kier alpha value is -1.10. The van der Waals surface area contributed by atoms with Crippen molar-refractivity contribution in [3.05, 3.63) is 0 Å². The van der Waals surface area contributed by atoms with Crippen molar-refractivity contribution >= 4 is 11.8 Å². The van der Waals surface area contributed by atoms with Crippen molar-refractivity contribution in [3.8, 4) is 0 Å². The SMILES string of the molecule is COC1CCC2(C)C(CCC3C4CCC5(C(=O)NC6CC(C(=O)N7CCCCC7)C6C)CCCC5C4CCC32)C1C. The maximum atomic E-state index is 14.2. The summed E-state index contributed by atoms with van der Waals surface area (Å²) in [5.74, 6) is 6.49. The topological polar surface area (TPSA) is 58.6 Å². The highest BCUT2D eigenvalue weighted by Gasteiger charge is 2.62. The van der Waals surface area contributed by atoms with Gasteiger partial charge in [-0.25, -0.2) is 0 Å². The minimum absolute atomic E-state index is 0.111. The van der Waals surface area contributed by atoms with Crippen molar-refractivity contribution < 1.29 is 14.3 Å². The van der Waals surface area contributed by atoms with Crippen LogP contribution in [0.1, 0.15) is 117 Å². The molecule has 0 aromatic rings. The largest absolute Gasteiger partial charge is 0.381 e. The molecule has 6 saturated carbocycles. The van der Waals surface area contributed by atoms with E-state index in [1.807, 2.05) is 7.11 Å². The molecule has 7 rings (SSSR count). The first-order chi connectivity index (χ1) is 19.8. The number of piperidine rings is 1. The number of nitrogens with one attached hydrogen (secondary N) is 1. The highest BCUT2D eigenvalue weighted by atomic mass is 16.5. The van der Waals surface area contributed by atoms with E-state index in [4.69, 9.17) is 4.74 Å². The fourth-order valence-corrected chi connectivity index (χ4v) is 12.9. The molecule has 1 heterocycles. The number of amides is 2. The summed E-state index contributed by atoms with van der Waals surface area (Å²) in [4.78, 5) is 29.4. The Kier molecular flexibility index (Phi) is 7.55. The van der Waals surface area contributed by atoms with E-state index in [0.717, 1.165) is 74.8 Å². The summed E-state index contributed by atoms with van der Waals surface area (Å²) in [5, 5.41) is 3.57. The predicted molar refractivity (Wildman–Crippen MR) is 162 cm³/mol. The highest BCUT2D eigenvalue weighted by Crippen LogP contribution is 2.67. The van der Waals surface area contributed by atoms with Gasteiger partial charge >= 0.3 is 0 Å². The fourth-order valence-electron chi connectivity index (χ4n) is 12.9. The van der Waals surface area contributed by atoms with E-state index in [-0.39, 0.29) is 23.3 Å². The summed E-state index contributed by atoms with van der Waals surface area (Å²) < 4.78 is 5.93. The van der Waals surface area contributed by atoms with E-state index >= 15 is 0 Å². The van der Waals surface area contributed by atoms with Crippen LogP contribution in [0.3, 0.4) is 0 Å². The average Bonchev–Trinajstić information content (AvgIpc) is 3.45. The molecule has 0 bridgehead atoms. The first-order valence-corrected chi connectivity index (χ1v) is 17.9. The van der Waals surface area contributed by atoms with E-state index in [0.29, 0.717) is 35.2 Å². The van der Waals surface area contributed by atoms with Gasteiger partial charge in [0.1, 0.15) is 0 Å². The van der Waals surface area contributed by atoms with Gasteiger partial charge in [-0.15, -0.1) is 0 Å². The van der Waals surface area contributed by atoms with Crippen LogP contribution in [0.25, 0.3) is 0 Å². The average molecular weight is 567 g/mol. The molecule has 2 amide bonds. The molecule has 13 unspecified atom stereocenters. The molecule has 1 aliphatic heterocycles. The van der Waals surface area contributed by atoms with Crippen LogP contribution < -0.4 is 5.32 Å². The van der Waals surface area contributed by atoms with Crippen LogP contribution in [-0.4, -0.2) is 49.1 Å². The zero-order valence-electron chi connectivity index (χ0n) is 26.5. The predicted octanol–water partition coefficient (Wildman–Crippen LogP) is 6.84. The number of nitrogens with zero attached hydrogens (tertiary/aromatic N) is 1. The zero-order chi connectivity index (χ0) is 28.5. The number of ether oxygens (including phenoxy) is 1. The van der Waals surface area contributed by atoms with Gasteiger partial charge in [-0.2, -0.15) is 0 Å². The van der Waals surface area contributed by atoms with E-state index < -0.39 is 0 Å². The molecule has 1 saturated heterocycles. The lowest BCUT2D eigenvalue weighted by atomic mass is 9.42. The van der Waals surface area contributed by atoms with Crippen molar-refractivity contribution in [2.75, 3.05) is 20.2 Å². The quantitative estimate of drug-likeness (QED) is 0.405. The Bertz CT molecular complexity index is 1010. The molecule has 5 nitrogen and oxygen atoms in total. The molecular weight excluding hydrogens is 508 g/mol. The van der Waals surface area contributed by atoms with E-state index in [2.05, 4.69) is 31.0 Å². The molecule has 7 aliphatic rings. The lowest BCUT2D eigenvalue weighted by Crippen LogP contribution is -2.61. The Morgan fingerprint density at radius 1 is 0.756 bits per heavy atom. The van der Waals surface area contributed by atoms with Crippen LogP contribution in [0.2, 0.25) is 0 Å². The van der Waals surface area contributed by atoms with Crippen LogP contribution in [0.4, 0.5) is 0 Å². The molecular formula is C36H58N2O3. The molecule has 0 aromatic heterocycles. The lowest BCUT2D eigenvalue weighted by Gasteiger charge is -2.63. The number of hydrogen-bond acceptors (Lipinski definition) is 3. The molecule has 0 spiro atoms. The number of carbonyl (C=O) groups excluding carboxylic acids is 2. The summed E-state index contributed by atoms with van der Waals surface area (Å²) in [6.45, 7) is 9.21. The Labute approximate surface area is 249 Å². The summed E-state index contributed by atoms with van der Waals surface area (Å²) in [5.41, 5.74) is 0.342. The molecule has 0 radical (unpaired) electrons. The van der Waals surface area contributed by atoms with Crippen LogP contribution in [0.5, 0.6) is 0 Å². The monoisotopic (exact) mass is 566 g/mol. The summed E-state index contributed by atoms with van der Waals surface area (Å²) in [6.07, 6.45) is 18.9. The number of hydrogen-bond donors (Lipinski definition) is 1. The standard InChI is InChI=1S/C36H58N2O3/c1-22-27(33(39)38-19-6-5-7-20-38)21-31(22)37-34(40)36-16-8-9-30(36)26-11-13-29-25(24(26)14-18-36)10-12-28-23(2)32(41-4)15-17-35(28,29)3/h22-32H,5-21H2,1-4H3,(H,37,40). The minimum atomic E-state index is -0.137. The summed E-state index contributed by atoms with van der Waals surface area (Å²) in [7, 11) is 1.92. The van der Waals surface area contributed by atoms with Gasteiger partial charge in [0.15, 0.2) is 0 Å². The van der Waals surface area contributed by atoms with Gasteiger partial charge in [-0.1, -0.05) is 27.2 Å². The molecule has 0 aromatic carbocycles. The van der Waals surface area contributed by atoms with Crippen molar-refractivity contribution in [1.82, 2.24) is 10.2 Å². The molecule has 230 valence electrons. The maximum Gasteiger partial charge on any atom is 0.226 e. The molecule has 1 N–H and O–H groups in total. The van der Waals surface area contributed by atoms with Crippen LogP contribution in [-0.2, 0) is 14.3 Å². The van der Waals surface area contributed by atoms with Gasteiger partial charge in [-0.3, -0.25) is 9.59 Å². The Balaban J connectivity index is 1.01. The van der Waals surface area contributed by atoms with Crippen molar-refractivity contribution in [3.63, 3.8) is 0 Å². The van der Waals surface area contributed by atoms with Gasteiger partial charge in [0, 0.05) is 32.2 Å². The van der Waals surface area contributed by atoms with Crippen molar-refractivity contribution in [2.45, 2.75) is 129 Å². The molecule has 41 heavy (non-hydrogen) atoms. The number of fused-ring (bicyclic) bond motifs is 7. The molecule has 6 aliphatic carbocycles. The third-order valence-corrected chi connectivity index (χ3v) is 15.2. The van der Waals surface area contributed by atoms with Gasteiger partial charge in [0.05, 0.1) is 11.5 Å². The molecule has 7 fully saturated rings. The van der Waals surface area contributed by atoms with Gasteiger partial charge in [0.25, 0.3) is 0 Å². The van der Waals surface area contributed by atoms with Crippen LogP contribution in [0, 0.1) is 64.1 Å².